The first-order valence-electron chi connectivity index (χ1n) is 10.6. The minimum Gasteiger partial charge on any atom is -0.348 e. The van der Waals surface area contributed by atoms with Gasteiger partial charge in [0.15, 0.2) is 5.79 Å². The first-order chi connectivity index (χ1) is 13.3. The van der Waals surface area contributed by atoms with Crippen LogP contribution in [0.4, 0.5) is 0 Å². The zero-order valence-corrected chi connectivity index (χ0v) is 16.0. The summed E-state index contributed by atoms with van der Waals surface area (Å²) in [5.74, 6) is 1.98. The molecule has 0 amide bonds. The normalized spacial score (nSPS) is 24.3. The van der Waals surface area contributed by atoms with Crippen LogP contribution in [0.1, 0.15) is 68.6 Å². The molecule has 0 unspecified atom stereocenters. The van der Waals surface area contributed by atoms with Gasteiger partial charge in [0.05, 0.1) is 18.6 Å². The largest absolute Gasteiger partial charge is 0.348 e. The standard InChI is InChI=1S/C22H29N3O2/c1-2-7-15-25-19(10-6-1)23-24-20(25)21(18-8-4-3-5-9-18)11-13-22(14-12-21)26-16-17-27-22/h3-5,8-9H,1-2,6-7,10-17H2. The number of rotatable bonds is 2. The highest BCUT2D eigenvalue weighted by atomic mass is 16.7. The number of aromatic nitrogens is 3. The summed E-state index contributed by atoms with van der Waals surface area (Å²) in [5.41, 5.74) is 1.27. The lowest BCUT2D eigenvalue weighted by molar-refractivity contribution is -0.183. The maximum Gasteiger partial charge on any atom is 0.168 e. The van der Waals surface area contributed by atoms with Gasteiger partial charge < -0.3 is 14.0 Å². The lowest BCUT2D eigenvalue weighted by Gasteiger charge is -2.43. The molecule has 1 aliphatic carbocycles. The van der Waals surface area contributed by atoms with Gasteiger partial charge in [-0.05, 0) is 31.2 Å². The van der Waals surface area contributed by atoms with E-state index in [2.05, 4.69) is 40.0 Å². The second-order valence-electron chi connectivity index (χ2n) is 8.31. The lowest BCUT2D eigenvalue weighted by Crippen LogP contribution is -2.44. The van der Waals surface area contributed by atoms with Crippen LogP contribution in [-0.2, 0) is 27.9 Å². The summed E-state index contributed by atoms with van der Waals surface area (Å²) in [6, 6.07) is 10.9. The fourth-order valence-electron chi connectivity index (χ4n) is 5.26. The van der Waals surface area contributed by atoms with Crippen molar-refractivity contribution in [2.45, 2.75) is 75.5 Å². The van der Waals surface area contributed by atoms with Gasteiger partial charge in [-0.1, -0.05) is 43.2 Å². The van der Waals surface area contributed by atoms with Crippen LogP contribution in [0.25, 0.3) is 0 Å². The molecule has 2 aromatic rings. The van der Waals surface area contributed by atoms with Crippen LogP contribution in [0.15, 0.2) is 30.3 Å². The van der Waals surface area contributed by atoms with E-state index >= 15 is 0 Å². The molecule has 1 aromatic heterocycles. The van der Waals surface area contributed by atoms with Crippen LogP contribution in [-0.4, -0.2) is 33.8 Å². The van der Waals surface area contributed by atoms with Crippen LogP contribution in [0, 0.1) is 0 Å². The molecular formula is C22H29N3O2. The Morgan fingerprint density at radius 2 is 1.56 bits per heavy atom. The van der Waals surface area contributed by atoms with Crippen molar-refractivity contribution >= 4 is 0 Å². The quantitative estimate of drug-likeness (QED) is 0.805. The molecule has 1 spiro atoms. The van der Waals surface area contributed by atoms with E-state index < -0.39 is 0 Å². The van der Waals surface area contributed by atoms with Gasteiger partial charge >= 0.3 is 0 Å². The number of fused-ring (bicyclic) bond motifs is 1. The highest BCUT2D eigenvalue weighted by molar-refractivity contribution is 5.34. The van der Waals surface area contributed by atoms with E-state index in [0.717, 1.165) is 51.9 Å². The molecule has 0 radical (unpaired) electrons. The Kier molecular flexibility index (Phi) is 4.52. The van der Waals surface area contributed by atoms with Crippen molar-refractivity contribution in [1.29, 1.82) is 0 Å². The summed E-state index contributed by atoms with van der Waals surface area (Å²) >= 11 is 0. The van der Waals surface area contributed by atoms with Gasteiger partial charge in [-0.15, -0.1) is 10.2 Å². The van der Waals surface area contributed by atoms with Gasteiger partial charge in [0.25, 0.3) is 0 Å². The SMILES string of the molecule is c1ccc(C2(c3nnc4n3CCCCCC4)CCC3(CC2)OCCO3)cc1. The average molecular weight is 367 g/mol. The Balaban J connectivity index is 1.56. The maximum absolute atomic E-state index is 6.01. The van der Waals surface area contributed by atoms with E-state index in [1.54, 1.807) is 0 Å². The van der Waals surface area contributed by atoms with Crippen molar-refractivity contribution in [3.63, 3.8) is 0 Å². The number of hydrogen-bond donors (Lipinski definition) is 0. The molecule has 3 aliphatic rings. The van der Waals surface area contributed by atoms with Crippen molar-refractivity contribution in [2.24, 2.45) is 0 Å². The molecule has 5 heteroatoms. The molecule has 0 atom stereocenters. The predicted octanol–water partition coefficient (Wildman–Crippen LogP) is 4.00. The Hall–Kier alpha value is -1.72. The topological polar surface area (TPSA) is 49.2 Å². The maximum atomic E-state index is 6.01. The summed E-state index contributed by atoms with van der Waals surface area (Å²) < 4.78 is 14.5. The molecule has 5 nitrogen and oxygen atoms in total. The molecule has 0 bridgehead atoms. The van der Waals surface area contributed by atoms with Crippen molar-refractivity contribution in [3.8, 4) is 0 Å². The zero-order valence-electron chi connectivity index (χ0n) is 16.0. The summed E-state index contributed by atoms with van der Waals surface area (Å²) in [4.78, 5) is 0. The second-order valence-corrected chi connectivity index (χ2v) is 8.31. The average Bonchev–Trinajstić information content (AvgIpc) is 3.31. The Bertz CT molecular complexity index is 770. The third kappa shape index (κ3) is 3.01. The molecule has 3 heterocycles. The number of aryl methyl sites for hydroxylation is 1. The van der Waals surface area contributed by atoms with Crippen molar-refractivity contribution in [2.75, 3.05) is 13.2 Å². The second kappa shape index (κ2) is 7.02. The number of benzene rings is 1. The molecule has 5 rings (SSSR count). The van der Waals surface area contributed by atoms with Gasteiger partial charge in [-0.3, -0.25) is 0 Å². The van der Waals surface area contributed by atoms with Crippen molar-refractivity contribution in [3.05, 3.63) is 47.5 Å². The van der Waals surface area contributed by atoms with Crippen LogP contribution in [0.2, 0.25) is 0 Å². The minimum absolute atomic E-state index is 0.0910. The molecule has 144 valence electrons. The monoisotopic (exact) mass is 367 g/mol. The number of ether oxygens (including phenoxy) is 2. The van der Waals surface area contributed by atoms with Crippen LogP contribution < -0.4 is 0 Å². The molecular weight excluding hydrogens is 338 g/mol. The molecule has 1 saturated carbocycles. The number of hydrogen-bond acceptors (Lipinski definition) is 4. The zero-order chi connectivity index (χ0) is 18.2. The first-order valence-corrected chi connectivity index (χ1v) is 10.6. The highest BCUT2D eigenvalue weighted by Gasteiger charge is 2.50. The molecule has 0 N–H and O–H groups in total. The minimum atomic E-state index is -0.364. The third-order valence-corrected chi connectivity index (χ3v) is 6.79. The van der Waals surface area contributed by atoms with Crippen LogP contribution >= 0.6 is 0 Å². The van der Waals surface area contributed by atoms with Gasteiger partial charge in [-0.2, -0.15) is 0 Å². The molecule has 1 saturated heterocycles. The first kappa shape index (κ1) is 17.4. The smallest absolute Gasteiger partial charge is 0.168 e. The van der Waals surface area contributed by atoms with Gasteiger partial charge in [-0.25, -0.2) is 0 Å². The predicted molar refractivity (Wildman–Crippen MR) is 103 cm³/mol. The van der Waals surface area contributed by atoms with Crippen LogP contribution in [0.3, 0.4) is 0 Å². The Morgan fingerprint density at radius 3 is 2.33 bits per heavy atom. The van der Waals surface area contributed by atoms with Gasteiger partial charge in [0.2, 0.25) is 0 Å². The third-order valence-electron chi connectivity index (χ3n) is 6.79. The van der Waals surface area contributed by atoms with Crippen LogP contribution in [0.5, 0.6) is 0 Å². The molecule has 2 fully saturated rings. The van der Waals surface area contributed by atoms with Crippen molar-refractivity contribution in [1.82, 2.24) is 14.8 Å². The lowest BCUT2D eigenvalue weighted by atomic mass is 9.67. The summed E-state index contributed by atoms with van der Waals surface area (Å²) in [5, 5.41) is 9.44. The van der Waals surface area contributed by atoms with E-state index in [1.165, 1.54) is 42.9 Å². The fraction of sp³-hybridized carbons (Fsp3) is 0.636. The van der Waals surface area contributed by atoms with Gasteiger partial charge in [0, 0.05) is 25.8 Å². The Morgan fingerprint density at radius 1 is 0.815 bits per heavy atom. The van der Waals surface area contributed by atoms with E-state index in [0.29, 0.717) is 0 Å². The van der Waals surface area contributed by atoms with E-state index in [1.807, 2.05) is 0 Å². The molecule has 1 aromatic carbocycles. The summed E-state index contributed by atoms with van der Waals surface area (Å²) in [6.45, 7) is 2.49. The fourth-order valence-corrected chi connectivity index (χ4v) is 5.26. The highest BCUT2D eigenvalue weighted by Crippen LogP contribution is 2.49. The van der Waals surface area contributed by atoms with E-state index in [-0.39, 0.29) is 11.2 Å². The summed E-state index contributed by atoms with van der Waals surface area (Å²) in [6.07, 6.45) is 9.94. The van der Waals surface area contributed by atoms with Gasteiger partial charge in [0.1, 0.15) is 11.6 Å². The summed E-state index contributed by atoms with van der Waals surface area (Å²) in [7, 11) is 0. The molecule has 2 aliphatic heterocycles. The van der Waals surface area contributed by atoms with E-state index in [9.17, 15) is 0 Å². The van der Waals surface area contributed by atoms with Crippen molar-refractivity contribution < 1.29 is 9.47 Å². The van der Waals surface area contributed by atoms with E-state index in [4.69, 9.17) is 14.6 Å². The number of nitrogens with zero attached hydrogens (tertiary/aromatic N) is 3. The Labute approximate surface area is 161 Å². The molecule has 27 heavy (non-hydrogen) atoms.